The van der Waals surface area contributed by atoms with Gasteiger partial charge in [0.25, 0.3) is 0 Å². The molecule has 2 aromatic rings. The summed E-state index contributed by atoms with van der Waals surface area (Å²) >= 11 is 0. The van der Waals surface area contributed by atoms with Gasteiger partial charge in [-0.3, -0.25) is 0 Å². The first kappa shape index (κ1) is 11.5. The van der Waals surface area contributed by atoms with Crippen molar-refractivity contribution >= 4 is 16.9 Å². The van der Waals surface area contributed by atoms with E-state index in [0.717, 1.165) is 30.3 Å². The van der Waals surface area contributed by atoms with E-state index < -0.39 is 0 Å². The summed E-state index contributed by atoms with van der Waals surface area (Å²) in [5.41, 5.74) is 6.77. The summed E-state index contributed by atoms with van der Waals surface area (Å²) in [6, 6.07) is 2.47. The number of hydrogen-bond donors (Lipinski definition) is 2. The Morgan fingerprint density at radius 2 is 2.28 bits per heavy atom. The number of nitrogens with two attached hydrogens (primary N) is 1. The highest BCUT2D eigenvalue weighted by atomic mass is 16.3. The fraction of sp³-hybridized carbons (Fsp3) is 0.538. The summed E-state index contributed by atoms with van der Waals surface area (Å²) in [5.74, 6) is 1.18. The molecule has 1 saturated carbocycles. The number of anilines is 1. The molecule has 2 atom stereocenters. The topological polar surface area (TPSA) is 77.0 Å². The minimum absolute atomic E-state index is 0.291. The van der Waals surface area contributed by atoms with E-state index in [2.05, 4.69) is 20.7 Å². The molecule has 18 heavy (non-hydrogen) atoms. The average molecular weight is 246 g/mol. The lowest BCUT2D eigenvalue weighted by molar-refractivity contribution is 0.256. The molecule has 5 heteroatoms. The lowest BCUT2D eigenvalue weighted by Crippen LogP contribution is -2.06. The summed E-state index contributed by atoms with van der Waals surface area (Å²) in [6.07, 6.45) is 7.95. The molecule has 96 valence electrons. The van der Waals surface area contributed by atoms with Gasteiger partial charge in [0.05, 0.1) is 5.39 Å². The van der Waals surface area contributed by atoms with Gasteiger partial charge >= 0.3 is 0 Å². The van der Waals surface area contributed by atoms with Crippen LogP contribution in [0.4, 0.5) is 5.82 Å². The third-order valence-electron chi connectivity index (χ3n) is 3.98. The maximum absolute atomic E-state index is 9.01. The Labute approximate surface area is 106 Å². The van der Waals surface area contributed by atoms with Crippen molar-refractivity contribution in [1.82, 2.24) is 14.5 Å². The lowest BCUT2D eigenvalue weighted by atomic mass is 10.0. The molecule has 2 heterocycles. The SMILES string of the molecule is Nc1ncnc2c1ccn2[C@H]1CC[C@H](CCO)C1. The van der Waals surface area contributed by atoms with Crippen LogP contribution >= 0.6 is 0 Å². The zero-order valence-corrected chi connectivity index (χ0v) is 10.3. The number of nitrogens with zero attached hydrogens (tertiary/aromatic N) is 3. The van der Waals surface area contributed by atoms with Crippen molar-refractivity contribution in [3.05, 3.63) is 18.6 Å². The zero-order chi connectivity index (χ0) is 12.5. The predicted molar refractivity (Wildman–Crippen MR) is 70.0 cm³/mol. The van der Waals surface area contributed by atoms with Crippen LogP contribution in [-0.4, -0.2) is 26.2 Å². The molecule has 0 bridgehead atoms. The molecular formula is C13H18N4O. The van der Waals surface area contributed by atoms with Crippen molar-refractivity contribution in [3.63, 3.8) is 0 Å². The van der Waals surface area contributed by atoms with Gasteiger partial charge in [-0.1, -0.05) is 0 Å². The van der Waals surface area contributed by atoms with Crippen molar-refractivity contribution in [3.8, 4) is 0 Å². The Kier molecular flexibility index (Phi) is 2.91. The van der Waals surface area contributed by atoms with Gasteiger partial charge in [0.15, 0.2) is 0 Å². The van der Waals surface area contributed by atoms with Crippen LogP contribution in [0.25, 0.3) is 11.0 Å². The zero-order valence-electron chi connectivity index (χ0n) is 10.3. The highest BCUT2D eigenvalue weighted by Crippen LogP contribution is 2.38. The summed E-state index contributed by atoms with van der Waals surface area (Å²) < 4.78 is 2.21. The molecule has 5 nitrogen and oxygen atoms in total. The third-order valence-corrected chi connectivity index (χ3v) is 3.98. The van der Waals surface area contributed by atoms with Gasteiger partial charge in [-0.2, -0.15) is 0 Å². The average Bonchev–Trinajstić information content (AvgIpc) is 2.96. The van der Waals surface area contributed by atoms with Crippen LogP contribution in [-0.2, 0) is 0 Å². The van der Waals surface area contributed by atoms with Gasteiger partial charge in [-0.25, -0.2) is 9.97 Å². The number of aliphatic hydroxyl groups is 1. The number of aliphatic hydroxyl groups excluding tert-OH is 1. The second kappa shape index (κ2) is 4.57. The van der Waals surface area contributed by atoms with Crippen molar-refractivity contribution in [2.45, 2.75) is 31.7 Å². The highest BCUT2D eigenvalue weighted by molar-refractivity contribution is 5.86. The van der Waals surface area contributed by atoms with Crippen molar-refractivity contribution < 1.29 is 5.11 Å². The molecule has 3 N–H and O–H groups in total. The maximum atomic E-state index is 9.01. The van der Waals surface area contributed by atoms with Gasteiger partial charge in [0.2, 0.25) is 0 Å². The molecular weight excluding hydrogens is 228 g/mol. The number of aromatic nitrogens is 3. The van der Waals surface area contributed by atoms with Crippen LogP contribution < -0.4 is 5.73 Å². The summed E-state index contributed by atoms with van der Waals surface area (Å²) in [5, 5.41) is 9.94. The third kappa shape index (κ3) is 1.84. The molecule has 3 rings (SSSR count). The Balaban J connectivity index is 1.89. The second-order valence-electron chi connectivity index (χ2n) is 5.06. The normalized spacial score (nSPS) is 23.8. The number of hydrogen-bond acceptors (Lipinski definition) is 4. The molecule has 1 aliphatic carbocycles. The van der Waals surface area contributed by atoms with Gasteiger partial charge < -0.3 is 15.4 Å². The Hall–Kier alpha value is -1.62. The van der Waals surface area contributed by atoms with Gasteiger partial charge in [-0.05, 0) is 37.7 Å². The van der Waals surface area contributed by atoms with E-state index in [4.69, 9.17) is 10.8 Å². The smallest absolute Gasteiger partial charge is 0.145 e. The van der Waals surface area contributed by atoms with E-state index in [1.165, 1.54) is 12.7 Å². The van der Waals surface area contributed by atoms with Crippen LogP contribution in [0, 0.1) is 5.92 Å². The molecule has 0 amide bonds. The van der Waals surface area contributed by atoms with Crippen molar-refractivity contribution in [2.75, 3.05) is 12.3 Å². The van der Waals surface area contributed by atoms with Crippen LogP contribution in [0.3, 0.4) is 0 Å². The fourth-order valence-corrected chi connectivity index (χ4v) is 3.03. The van der Waals surface area contributed by atoms with Gasteiger partial charge in [-0.15, -0.1) is 0 Å². The quantitative estimate of drug-likeness (QED) is 0.864. The summed E-state index contributed by atoms with van der Waals surface area (Å²) in [4.78, 5) is 8.35. The van der Waals surface area contributed by atoms with E-state index in [0.29, 0.717) is 24.4 Å². The molecule has 1 aliphatic rings. The first-order valence-electron chi connectivity index (χ1n) is 6.47. The Morgan fingerprint density at radius 3 is 3.11 bits per heavy atom. The van der Waals surface area contributed by atoms with Gasteiger partial charge in [0.1, 0.15) is 17.8 Å². The second-order valence-corrected chi connectivity index (χ2v) is 5.06. The molecule has 0 saturated heterocycles. The minimum Gasteiger partial charge on any atom is -0.396 e. The number of nitrogen functional groups attached to an aromatic ring is 1. The summed E-state index contributed by atoms with van der Waals surface area (Å²) in [6.45, 7) is 0.291. The number of fused-ring (bicyclic) bond motifs is 1. The Bertz CT molecular complexity index is 551. The summed E-state index contributed by atoms with van der Waals surface area (Å²) in [7, 11) is 0. The highest BCUT2D eigenvalue weighted by Gasteiger charge is 2.26. The van der Waals surface area contributed by atoms with Crippen LogP contribution in [0.5, 0.6) is 0 Å². The van der Waals surface area contributed by atoms with E-state index in [1.54, 1.807) is 0 Å². The van der Waals surface area contributed by atoms with Crippen molar-refractivity contribution in [1.29, 1.82) is 0 Å². The molecule has 0 unspecified atom stereocenters. The maximum Gasteiger partial charge on any atom is 0.145 e. The van der Waals surface area contributed by atoms with E-state index >= 15 is 0 Å². The molecule has 0 spiro atoms. The largest absolute Gasteiger partial charge is 0.396 e. The van der Waals surface area contributed by atoms with Crippen molar-refractivity contribution in [2.24, 2.45) is 5.92 Å². The first-order valence-corrected chi connectivity index (χ1v) is 6.47. The molecule has 0 radical (unpaired) electrons. The Morgan fingerprint density at radius 1 is 1.39 bits per heavy atom. The fourth-order valence-electron chi connectivity index (χ4n) is 3.03. The molecule has 0 aromatic carbocycles. The molecule has 0 aliphatic heterocycles. The van der Waals surface area contributed by atoms with Gasteiger partial charge in [0, 0.05) is 18.8 Å². The minimum atomic E-state index is 0.291. The lowest BCUT2D eigenvalue weighted by Gasteiger charge is -2.13. The predicted octanol–water partition coefficient (Wildman–Crippen LogP) is 1.74. The van der Waals surface area contributed by atoms with E-state index in [1.807, 2.05) is 6.07 Å². The van der Waals surface area contributed by atoms with Crippen LogP contribution in [0.1, 0.15) is 31.7 Å². The van der Waals surface area contributed by atoms with Crippen LogP contribution in [0.2, 0.25) is 0 Å². The monoisotopic (exact) mass is 246 g/mol. The van der Waals surface area contributed by atoms with Crippen LogP contribution in [0.15, 0.2) is 18.6 Å². The van der Waals surface area contributed by atoms with E-state index in [-0.39, 0.29) is 0 Å². The standard InChI is InChI=1S/C13H18N4O/c14-12-11-3-5-17(13(11)16-8-15-12)10-2-1-9(7-10)4-6-18/h3,5,8-10,18H,1-2,4,6-7H2,(H2,14,15,16)/t9-,10+/m1/s1. The molecule has 1 fully saturated rings. The first-order chi connectivity index (χ1) is 8.79. The molecule has 2 aromatic heterocycles. The van der Waals surface area contributed by atoms with E-state index in [9.17, 15) is 0 Å². The number of rotatable bonds is 3.